The second-order valence-electron chi connectivity index (χ2n) is 5.88. The standard InChI is InChI=1S/C18H16BN5O/c19-15-11-21-24-17(20-10-13-5-4-8-23(25)12-13)9-16(22-18(15)24)14-6-2-1-3-7-14/h1-9,11-12,20H,10,19H2. The van der Waals surface area contributed by atoms with Crippen molar-refractivity contribution in [3.63, 3.8) is 0 Å². The molecule has 0 amide bonds. The van der Waals surface area contributed by atoms with E-state index in [-0.39, 0.29) is 0 Å². The molecule has 0 bridgehead atoms. The Morgan fingerprint density at radius 3 is 2.80 bits per heavy atom. The van der Waals surface area contributed by atoms with Crippen LogP contribution < -0.4 is 15.5 Å². The number of aromatic nitrogens is 4. The Morgan fingerprint density at radius 2 is 2.00 bits per heavy atom. The van der Waals surface area contributed by atoms with Gasteiger partial charge in [-0.25, -0.2) is 4.98 Å². The smallest absolute Gasteiger partial charge is 0.185 e. The maximum atomic E-state index is 11.4. The molecule has 6 nitrogen and oxygen atoms in total. The highest BCUT2D eigenvalue weighted by Gasteiger charge is 2.10. The Hall–Kier alpha value is -3.35. The lowest BCUT2D eigenvalue weighted by atomic mass is 10.0. The molecule has 0 fully saturated rings. The van der Waals surface area contributed by atoms with E-state index in [1.54, 1.807) is 23.0 Å². The molecule has 0 spiro atoms. The number of rotatable bonds is 4. The second kappa shape index (κ2) is 6.28. The Morgan fingerprint density at radius 1 is 1.16 bits per heavy atom. The number of anilines is 1. The fourth-order valence-electron chi connectivity index (χ4n) is 2.75. The SMILES string of the molecule is Bc1cnn2c(NCc3ccc[n+]([O-])c3)cc(-c3ccccc3)nc12. The first kappa shape index (κ1) is 15.2. The third-order valence-corrected chi connectivity index (χ3v) is 4.03. The highest BCUT2D eigenvalue weighted by molar-refractivity contribution is 6.36. The molecule has 0 saturated carbocycles. The number of benzene rings is 1. The van der Waals surface area contributed by atoms with Crippen molar-refractivity contribution >= 4 is 24.8 Å². The van der Waals surface area contributed by atoms with Gasteiger partial charge in [0.1, 0.15) is 13.7 Å². The number of nitrogens with one attached hydrogen (secondary N) is 1. The Kier molecular flexibility index (Phi) is 3.82. The number of fused-ring (bicyclic) bond motifs is 1. The Bertz CT molecular complexity index is 1030. The molecule has 0 aliphatic rings. The van der Waals surface area contributed by atoms with Crippen LogP contribution in [0.3, 0.4) is 0 Å². The van der Waals surface area contributed by atoms with Crippen LogP contribution in [0.15, 0.2) is 67.1 Å². The van der Waals surface area contributed by atoms with Crippen LogP contribution in [0.5, 0.6) is 0 Å². The van der Waals surface area contributed by atoms with Gasteiger partial charge in [-0.1, -0.05) is 30.3 Å². The van der Waals surface area contributed by atoms with E-state index in [1.807, 2.05) is 50.3 Å². The van der Waals surface area contributed by atoms with E-state index < -0.39 is 0 Å². The van der Waals surface area contributed by atoms with Gasteiger partial charge in [0.2, 0.25) is 0 Å². The molecule has 0 aliphatic carbocycles. The van der Waals surface area contributed by atoms with E-state index in [0.29, 0.717) is 6.54 Å². The molecule has 0 unspecified atom stereocenters. The zero-order valence-electron chi connectivity index (χ0n) is 13.8. The summed E-state index contributed by atoms with van der Waals surface area (Å²) in [4.78, 5) is 4.74. The summed E-state index contributed by atoms with van der Waals surface area (Å²) in [5, 5.41) is 19.2. The molecule has 4 rings (SSSR count). The van der Waals surface area contributed by atoms with Crippen LogP contribution in [-0.4, -0.2) is 22.4 Å². The fourth-order valence-corrected chi connectivity index (χ4v) is 2.75. The van der Waals surface area contributed by atoms with E-state index in [4.69, 9.17) is 4.98 Å². The molecular formula is C18H16BN5O. The Balaban J connectivity index is 1.74. The average molecular weight is 329 g/mol. The van der Waals surface area contributed by atoms with Crippen LogP contribution in [0, 0.1) is 5.21 Å². The topological polar surface area (TPSA) is 69.2 Å². The molecule has 0 aliphatic heterocycles. The summed E-state index contributed by atoms with van der Waals surface area (Å²) in [5.41, 5.74) is 4.65. The van der Waals surface area contributed by atoms with Crippen molar-refractivity contribution in [3.05, 3.63) is 77.9 Å². The maximum Gasteiger partial charge on any atom is 0.185 e. The normalized spacial score (nSPS) is 10.9. The summed E-state index contributed by atoms with van der Waals surface area (Å²) in [5.74, 6) is 0.832. The van der Waals surface area contributed by atoms with Gasteiger partial charge in [0, 0.05) is 36.0 Å². The van der Waals surface area contributed by atoms with Gasteiger partial charge in [0.25, 0.3) is 0 Å². The first-order valence-electron chi connectivity index (χ1n) is 8.03. The van der Waals surface area contributed by atoms with Gasteiger partial charge in [0.15, 0.2) is 18.0 Å². The molecule has 0 radical (unpaired) electrons. The second-order valence-corrected chi connectivity index (χ2v) is 5.88. The first-order valence-corrected chi connectivity index (χ1v) is 8.03. The molecule has 122 valence electrons. The summed E-state index contributed by atoms with van der Waals surface area (Å²) >= 11 is 0. The van der Waals surface area contributed by atoms with Crippen LogP contribution in [0.25, 0.3) is 16.9 Å². The summed E-state index contributed by atoms with van der Waals surface area (Å²) in [6.45, 7) is 0.523. The number of hydrogen-bond donors (Lipinski definition) is 1. The van der Waals surface area contributed by atoms with E-state index in [0.717, 1.165) is 38.5 Å². The zero-order chi connectivity index (χ0) is 17.2. The molecule has 1 aromatic carbocycles. The van der Waals surface area contributed by atoms with Gasteiger partial charge >= 0.3 is 0 Å². The Labute approximate surface area is 145 Å². The number of nitrogens with zero attached hydrogens (tertiary/aromatic N) is 4. The quantitative estimate of drug-likeness (QED) is 0.343. The molecule has 4 aromatic rings. The lowest BCUT2D eigenvalue weighted by Crippen LogP contribution is -2.25. The van der Waals surface area contributed by atoms with Crippen LogP contribution in [0.4, 0.5) is 5.82 Å². The van der Waals surface area contributed by atoms with Crippen molar-refractivity contribution in [1.82, 2.24) is 14.6 Å². The fraction of sp³-hybridized carbons (Fsp3) is 0.0556. The molecular weight excluding hydrogens is 313 g/mol. The van der Waals surface area contributed by atoms with Crippen molar-refractivity contribution in [2.45, 2.75) is 6.54 Å². The minimum absolute atomic E-state index is 0.523. The van der Waals surface area contributed by atoms with Crippen molar-refractivity contribution in [2.24, 2.45) is 0 Å². The predicted molar refractivity (Wildman–Crippen MR) is 99.3 cm³/mol. The van der Waals surface area contributed by atoms with Gasteiger partial charge in [-0.05, 0) is 11.5 Å². The molecule has 3 aromatic heterocycles. The number of hydrogen-bond acceptors (Lipinski definition) is 4. The zero-order valence-corrected chi connectivity index (χ0v) is 13.8. The van der Waals surface area contributed by atoms with Crippen LogP contribution in [0.2, 0.25) is 0 Å². The van der Waals surface area contributed by atoms with Gasteiger partial charge in [-0.3, -0.25) is 0 Å². The molecule has 25 heavy (non-hydrogen) atoms. The summed E-state index contributed by atoms with van der Waals surface area (Å²) < 4.78 is 2.59. The van der Waals surface area contributed by atoms with Crippen molar-refractivity contribution in [2.75, 3.05) is 5.32 Å². The summed E-state index contributed by atoms with van der Waals surface area (Å²) in [7, 11) is 1.99. The molecule has 1 N–H and O–H groups in total. The lowest BCUT2D eigenvalue weighted by molar-refractivity contribution is -0.605. The van der Waals surface area contributed by atoms with E-state index >= 15 is 0 Å². The van der Waals surface area contributed by atoms with E-state index in [9.17, 15) is 5.21 Å². The van der Waals surface area contributed by atoms with Crippen molar-refractivity contribution in [1.29, 1.82) is 0 Å². The van der Waals surface area contributed by atoms with Crippen LogP contribution in [-0.2, 0) is 6.54 Å². The largest absolute Gasteiger partial charge is 0.619 e. The van der Waals surface area contributed by atoms with Gasteiger partial charge in [0.05, 0.1) is 5.69 Å². The minimum Gasteiger partial charge on any atom is -0.619 e. The monoisotopic (exact) mass is 329 g/mol. The van der Waals surface area contributed by atoms with E-state index in [1.165, 1.54) is 6.20 Å². The van der Waals surface area contributed by atoms with Crippen molar-refractivity contribution in [3.8, 4) is 11.3 Å². The molecule has 0 atom stereocenters. The predicted octanol–water partition coefficient (Wildman–Crippen LogP) is 0.900. The third-order valence-electron chi connectivity index (χ3n) is 4.03. The van der Waals surface area contributed by atoms with Crippen LogP contribution in [0.1, 0.15) is 5.56 Å². The van der Waals surface area contributed by atoms with Gasteiger partial charge in [-0.2, -0.15) is 14.3 Å². The minimum atomic E-state index is 0.523. The summed E-state index contributed by atoms with van der Waals surface area (Å²) in [6.07, 6.45) is 4.83. The summed E-state index contributed by atoms with van der Waals surface area (Å²) in [6, 6.07) is 15.7. The molecule has 7 heteroatoms. The van der Waals surface area contributed by atoms with Gasteiger partial charge in [-0.15, -0.1) is 0 Å². The highest BCUT2D eigenvalue weighted by atomic mass is 16.5. The molecule has 3 heterocycles. The average Bonchev–Trinajstić information content (AvgIpc) is 3.02. The van der Waals surface area contributed by atoms with E-state index in [2.05, 4.69) is 10.4 Å². The first-order chi connectivity index (χ1) is 12.2. The van der Waals surface area contributed by atoms with Crippen molar-refractivity contribution < 1.29 is 4.73 Å². The lowest BCUT2D eigenvalue weighted by Gasteiger charge is -2.11. The maximum absolute atomic E-state index is 11.4. The van der Waals surface area contributed by atoms with Crippen LogP contribution >= 0.6 is 0 Å². The number of pyridine rings is 1. The highest BCUT2D eigenvalue weighted by Crippen LogP contribution is 2.21. The third kappa shape index (κ3) is 3.04. The molecule has 0 saturated heterocycles. The van der Waals surface area contributed by atoms with Gasteiger partial charge < -0.3 is 10.5 Å².